The molecule has 1 saturated heterocycles. The molecule has 1 aliphatic rings. The van der Waals surface area contributed by atoms with E-state index in [1.807, 2.05) is 15.9 Å². The number of amides is 1. The summed E-state index contributed by atoms with van der Waals surface area (Å²) in [7, 11) is 0. The monoisotopic (exact) mass is 371 g/mol. The van der Waals surface area contributed by atoms with Crippen LogP contribution in [0.2, 0.25) is 0 Å². The van der Waals surface area contributed by atoms with Crippen molar-refractivity contribution in [3.05, 3.63) is 48.0 Å². The highest BCUT2D eigenvalue weighted by atomic mass is 19.1. The van der Waals surface area contributed by atoms with E-state index in [9.17, 15) is 9.18 Å². The van der Waals surface area contributed by atoms with Gasteiger partial charge in [0.25, 0.3) is 5.91 Å². The van der Waals surface area contributed by atoms with Crippen LogP contribution in [0.5, 0.6) is 0 Å². The molecule has 0 bridgehead atoms. The minimum atomic E-state index is -0.206. The number of piperazine rings is 1. The highest BCUT2D eigenvalue weighted by molar-refractivity contribution is 5.92. The summed E-state index contributed by atoms with van der Waals surface area (Å²) in [5, 5.41) is 2.90. The lowest BCUT2D eigenvalue weighted by Crippen LogP contribution is -2.47. The molecule has 27 heavy (non-hydrogen) atoms. The summed E-state index contributed by atoms with van der Waals surface area (Å²) in [6.07, 6.45) is 2.55. The molecule has 1 amide bonds. The second-order valence-corrected chi connectivity index (χ2v) is 7.11. The normalized spacial score (nSPS) is 14.5. The standard InChI is InChI=1S/C20H26FN5O/c1-15(2)7-9-22-19(27)17-8-10-23-20(24-17)26-13-11-25(12-14-26)18-6-4-3-5-16(18)21/h3-6,8,10,15H,7,9,11-14H2,1-2H3,(H,22,27). The maximum atomic E-state index is 14.0. The average molecular weight is 371 g/mol. The lowest BCUT2D eigenvalue weighted by molar-refractivity contribution is 0.0947. The van der Waals surface area contributed by atoms with Crippen LogP contribution in [0.15, 0.2) is 36.5 Å². The van der Waals surface area contributed by atoms with E-state index in [0.29, 0.717) is 56.0 Å². The van der Waals surface area contributed by atoms with Crippen LogP contribution in [-0.2, 0) is 0 Å². The van der Waals surface area contributed by atoms with Gasteiger partial charge in [-0.3, -0.25) is 4.79 Å². The van der Waals surface area contributed by atoms with Gasteiger partial charge in [-0.25, -0.2) is 14.4 Å². The number of benzene rings is 1. The Balaban J connectivity index is 1.60. The molecule has 1 aromatic heterocycles. The van der Waals surface area contributed by atoms with Crippen LogP contribution in [0, 0.1) is 11.7 Å². The van der Waals surface area contributed by atoms with Gasteiger partial charge in [-0.2, -0.15) is 0 Å². The maximum absolute atomic E-state index is 14.0. The van der Waals surface area contributed by atoms with Crippen molar-refractivity contribution in [1.82, 2.24) is 15.3 Å². The summed E-state index contributed by atoms with van der Waals surface area (Å²) in [4.78, 5) is 25.0. The third-order valence-electron chi connectivity index (χ3n) is 4.64. The first-order chi connectivity index (χ1) is 13.0. The Morgan fingerprint density at radius 1 is 1.15 bits per heavy atom. The van der Waals surface area contributed by atoms with Crippen molar-refractivity contribution in [2.75, 3.05) is 42.5 Å². The summed E-state index contributed by atoms with van der Waals surface area (Å²) >= 11 is 0. The number of para-hydroxylation sites is 1. The van der Waals surface area contributed by atoms with Gasteiger partial charge in [0.05, 0.1) is 5.69 Å². The molecule has 0 saturated carbocycles. The van der Waals surface area contributed by atoms with E-state index in [1.165, 1.54) is 6.07 Å². The fourth-order valence-electron chi connectivity index (χ4n) is 3.05. The molecule has 7 heteroatoms. The van der Waals surface area contributed by atoms with E-state index in [4.69, 9.17) is 0 Å². The highest BCUT2D eigenvalue weighted by Crippen LogP contribution is 2.21. The lowest BCUT2D eigenvalue weighted by atomic mass is 10.1. The van der Waals surface area contributed by atoms with Crippen molar-refractivity contribution in [2.24, 2.45) is 5.92 Å². The first-order valence-corrected chi connectivity index (χ1v) is 9.40. The van der Waals surface area contributed by atoms with Crippen molar-refractivity contribution < 1.29 is 9.18 Å². The topological polar surface area (TPSA) is 61.4 Å². The van der Waals surface area contributed by atoms with Crippen LogP contribution in [0.3, 0.4) is 0 Å². The van der Waals surface area contributed by atoms with Crippen molar-refractivity contribution in [2.45, 2.75) is 20.3 Å². The number of hydrogen-bond acceptors (Lipinski definition) is 5. The third-order valence-corrected chi connectivity index (χ3v) is 4.64. The average Bonchev–Trinajstić information content (AvgIpc) is 2.68. The molecule has 0 atom stereocenters. The van der Waals surface area contributed by atoms with Crippen LogP contribution in [0.1, 0.15) is 30.8 Å². The smallest absolute Gasteiger partial charge is 0.270 e. The molecule has 0 radical (unpaired) electrons. The van der Waals surface area contributed by atoms with Crippen molar-refractivity contribution in [3.63, 3.8) is 0 Å². The highest BCUT2D eigenvalue weighted by Gasteiger charge is 2.21. The number of halogens is 1. The molecule has 1 fully saturated rings. The van der Waals surface area contributed by atoms with Gasteiger partial charge in [0.15, 0.2) is 0 Å². The van der Waals surface area contributed by atoms with Crippen LogP contribution in [0.4, 0.5) is 16.0 Å². The van der Waals surface area contributed by atoms with Gasteiger partial charge in [-0.1, -0.05) is 26.0 Å². The van der Waals surface area contributed by atoms with E-state index in [1.54, 1.807) is 24.4 Å². The SMILES string of the molecule is CC(C)CCNC(=O)c1ccnc(N2CCN(c3ccccc3F)CC2)n1. The molecule has 0 unspecified atom stereocenters. The van der Waals surface area contributed by atoms with Crippen molar-refractivity contribution in [1.29, 1.82) is 0 Å². The van der Waals surface area contributed by atoms with Gasteiger partial charge < -0.3 is 15.1 Å². The predicted molar refractivity (Wildman–Crippen MR) is 105 cm³/mol. The quantitative estimate of drug-likeness (QED) is 0.846. The van der Waals surface area contributed by atoms with Gasteiger partial charge >= 0.3 is 0 Å². The molecule has 2 aromatic rings. The van der Waals surface area contributed by atoms with Crippen molar-refractivity contribution >= 4 is 17.5 Å². The van der Waals surface area contributed by atoms with Crippen LogP contribution < -0.4 is 15.1 Å². The van der Waals surface area contributed by atoms with Gasteiger partial charge in [0.2, 0.25) is 5.95 Å². The number of hydrogen-bond donors (Lipinski definition) is 1. The minimum absolute atomic E-state index is 0.177. The number of anilines is 2. The minimum Gasteiger partial charge on any atom is -0.366 e. The zero-order chi connectivity index (χ0) is 19.2. The second kappa shape index (κ2) is 8.79. The van der Waals surface area contributed by atoms with E-state index in [2.05, 4.69) is 29.1 Å². The molecule has 0 spiro atoms. The Hall–Kier alpha value is -2.70. The van der Waals surface area contributed by atoms with E-state index in [0.717, 1.165) is 6.42 Å². The van der Waals surface area contributed by atoms with E-state index < -0.39 is 0 Å². The molecule has 1 aromatic carbocycles. The van der Waals surface area contributed by atoms with E-state index >= 15 is 0 Å². The first-order valence-electron chi connectivity index (χ1n) is 9.40. The molecule has 1 N–H and O–H groups in total. The molecule has 0 aliphatic carbocycles. The molecular formula is C20H26FN5O. The largest absolute Gasteiger partial charge is 0.366 e. The zero-order valence-corrected chi connectivity index (χ0v) is 15.9. The number of nitrogens with one attached hydrogen (secondary N) is 1. The number of carbonyl (C=O) groups excluding carboxylic acids is 1. The molecule has 2 heterocycles. The molecule has 6 nitrogen and oxygen atoms in total. The Labute approximate surface area is 159 Å². The van der Waals surface area contributed by atoms with Crippen molar-refractivity contribution in [3.8, 4) is 0 Å². The Morgan fingerprint density at radius 3 is 2.56 bits per heavy atom. The summed E-state index contributed by atoms with van der Waals surface area (Å²) in [6.45, 7) is 7.58. The summed E-state index contributed by atoms with van der Waals surface area (Å²) < 4.78 is 14.0. The van der Waals surface area contributed by atoms with Gasteiger partial charge in [0, 0.05) is 38.9 Å². The first kappa shape index (κ1) is 19.1. The molecular weight excluding hydrogens is 345 g/mol. The number of aromatic nitrogens is 2. The number of nitrogens with zero attached hydrogens (tertiary/aromatic N) is 4. The van der Waals surface area contributed by atoms with Crippen LogP contribution in [-0.4, -0.2) is 48.6 Å². The Bertz CT molecular complexity index is 774. The lowest BCUT2D eigenvalue weighted by Gasteiger charge is -2.36. The Morgan fingerprint density at radius 2 is 1.85 bits per heavy atom. The van der Waals surface area contributed by atoms with Crippen LogP contribution >= 0.6 is 0 Å². The van der Waals surface area contributed by atoms with E-state index in [-0.39, 0.29) is 11.7 Å². The third kappa shape index (κ3) is 4.93. The summed E-state index contributed by atoms with van der Waals surface area (Å²) in [5.74, 6) is 0.697. The fourth-order valence-corrected chi connectivity index (χ4v) is 3.05. The predicted octanol–water partition coefficient (Wildman–Crippen LogP) is 2.72. The summed E-state index contributed by atoms with van der Waals surface area (Å²) in [6, 6.07) is 8.44. The fraction of sp³-hybridized carbons (Fsp3) is 0.450. The molecule has 1 aliphatic heterocycles. The van der Waals surface area contributed by atoms with Gasteiger partial charge in [-0.05, 0) is 30.5 Å². The number of carbonyl (C=O) groups is 1. The van der Waals surface area contributed by atoms with Gasteiger partial charge in [0.1, 0.15) is 11.5 Å². The molecule has 3 rings (SSSR count). The van der Waals surface area contributed by atoms with Crippen LogP contribution in [0.25, 0.3) is 0 Å². The summed E-state index contributed by atoms with van der Waals surface area (Å²) in [5.41, 5.74) is 0.997. The number of rotatable bonds is 6. The molecule has 144 valence electrons. The van der Waals surface area contributed by atoms with Gasteiger partial charge in [-0.15, -0.1) is 0 Å². The zero-order valence-electron chi connectivity index (χ0n) is 15.9. The Kier molecular flexibility index (Phi) is 6.21. The second-order valence-electron chi connectivity index (χ2n) is 7.11. The maximum Gasteiger partial charge on any atom is 0.270 e.